The third kappa shape index (κ3) is 7.80. The van der Waals surface area contributed by atoms with E-state index < -0.39 is 0 Å². The van der Waals surface area contributed by atoms with Crippen LogP contribution in [-0.4, -0.2) is 16.5 Å². The lowest BCUT2D eigenvalue weighted by Crippen LogP contribution is -2.08. The van der Waals surface area contributed by atoms with Crippen LogP contribution in [0, 0.1) is 12.3 Å². The van der Waals surface area contributed by atoms with E-state index in [9.17, 15) is 0 Å². The first-order valence-corrected chi connectivity index (χ1v) is 4.13. The molecule has 0 spiro atoms. The molecule has 0 saturated carbocycles. The summed E-state index contributed by atoms with van der Waals surface area (Å²) in [6.07, 6.45) is 5.80. The topological polar surface area (TPSA) is 26.0 Å². The van der Waals surface area contributed by atoms with Gasteiger partial charge in [-0.3, -0.25) is 0 Å². The Morgan fingerprint density at radius 1 is 1.78 bits per heavy atom. The first kappa shape index (κ1) is 8.80. The molecular formula is C6H9NS2. The minimum absolute atomic E-state index is 0.569. The van der Waals surface area contributed by atoms with Crippen molar-refractivity contribution in [3.8, 4) is 12.3 Å². The summed E-state index contributed by atoms with van der Waals surface area (Å²) >= 11 is 6.34. The summed E-state index contributed by atoms with van der Waals surface area (Å²) in [4.78, 5) is 0.569. The predicted molar refractivity (Wildman–Crippen MR) is 47.6 cm³/mol. The van der Waals surface area contributed by atoms with E-state index in [4.69, 9.17) is 12.2 Å². The van der Waals surface area contributed by atoms with E-state index in [1.807, 2.05) is 0 Å². The third-order valence-corrected chi connectivity index (χ3v) is 1.75. The second-order valence-corrected chi connectivity index (χ2v) is 3.10. The average Bonchev–Trinajstić information content (AvgIpc) is 1.80. The Morgan fingerprint density at radius 3 is 2.89 bits per heavy atom. The van der Waals surface area contributed by atoms with Crippen molar-refractivity contribution in [2.45, 2.75) is 6.42 Å². The van der Waals surface area contributed by atoms with Crippen LogP contribution in [0.1, 0.15) is 6.42 Å². The molecule has 0 atom stereocenters. The van der Waals surface area contributed by atoms with Crippen molar-refractivity contribution in [3.05, 3.63) is 0 Å². The highest BCUT2D eigenvalue weighted by molar-refractivity contribution is 7.99. The fourth-order valence-corrected chi connectivity index (χ4v) is 1.16. The second kappa shape index (κ2) is 5.93. The smallest absolute Gasteiger partial charge is 0.0735 e. The minimum atomic E-state index is 0.569. The summed E-state index contributed by atoms with van der Waals surface area (Å²) in [5.41, 5.74) is 5.24. The Bertz CT molecular complexity index is 126. The largest absolute Gasteiger partial charge is 0.393 e. The van der Waals surface area contributed by atoms with Crippen molar-refractivity contribution in [2.24, 2.45) is 5.73 Å². The molecule has 2 N–H and O–H groups in total. The number of hydrogen-bond acceptors (Lipinski definition) is 2. The van der Waals surface area contributed by atoms with Crippen molar-refractivity contribution >= 4 is 29.0 Å². The van der Waals surface area contributed by atoms with E-state index in [0.29, 0.717) is 4.99 Å². The number of hydrogen-bond donors (Lipinski definition) is 1. The molecule has 0 aromatic rings. The fourth-order valence-electron chi connectivity index (χ4n) is 0.304. The van der Waals surface area contributed by atoms with Crippen LogP contribution in [0.15, 0.2) is 0 Å². The Balaban J connectivity index is 2.94. The van der Waals surface area contributed by atoms with E-state index in [1.54, 1.807) is 11.8 Å². The van der Waals surface area contributed by atoms with Crippen molar-refractivity contribution in [3.63, 3.8) is 0 Å². The summed E-state index contributed by atoms with van der Waals surface area (Å²) < 4.78 is 0. The normalized spacial score (nSPS) is 8.33. The summed E-state index contributed by atoms with van der Waals surface area (Å²) in [6.45, 7) is 0. The Hall–Kier alpha value is -0.200. The number of nitrogens with two attached hydrogens (primary N) is 1. The van der Waals surface area contributed by atoms with Crippen molar-refractivity contribution in [1.29, 1.82) is 0 Å². The molecule has 0 fully saturated rings. The van der Waals surface area contributed by atoms with Gasteiger partial charge in [-0.05, 0) is 0 Å². The first-order chi connectivity index (χ1) is 4.27. The van der Waals surface area contributed by atoms with Gasteiger partial charge in [-0.2, -0.15) is 0 Å². The van der Waals surface area contributed by atoms with Crippen molar-refractivity contribution < 1.29 is 0 Å². The highest BCUT2D eigenvalue weighted by Crippen LogP contribution is 1.99. The van der Waals surface area contributed by atoms with Gasteiger partial charge >= 0.3 is 0 Å². The van der Waals surface area contributed by atoms with E-state index in [1.165, 1.54) is 0 Å². The zero-order valence-electron chi connectivity index (χ0n) is 5.09. The van der Waals surface area contributed by atoms with Gasteiger partial charge in [0.2, 0.25) is 0 Å². The standard InChI is InChI=1S/C6H9NS2/c1-2-4-9-5-3-6(7)8/h1H,3-5H2,(H2,7,8). The maximum absolute atomic E-state index is 5.24. The SMILES string of the molecule is C#CCSCCC(N)=S. The average molecular weight is 159 g/mol. The van der Waals surface area contributed by atoms with Crippen LogP contribution >= 0.6 is 24.0 Å². The van der Waals surface area contributed by atoms with Gasteiger partial charge in [0.15, 0.2) is 0 Å². The lowest BCUT2D eigenvalue weighted by molar-refractivity contribution is 1.31. The molecule has 0 aliphatic carbocycles. The third-order valence-electron chi connectivity index (χ3n) is 0.678. The molecule has 0 aromatic heterocycles. The number of thioether (sulfide) groups is 1. The van der Waals surface area contributed by atoms with Gasteiger partial charge in [0, 0.05) is 12.2 Å². The molecule has 1 nitrogen and oxygen atoms in total. The molecule has 0 amide bonds. The monoisotopic (exact) mass is 159 g/mol. The molecular weight excluding hydrogens is 150 g/mol. The number of thiocarbonyl (C=S) groups is 1. The van der Waals surface area contributed by atoms with Crippen LogP contribution in [0.3, 0.4) is 0 Å². The molecule has 0 unspecified atom stereocenters. The van der Waals surface area contributed by atoms with Gasteiger partial charge < -0.3 is 5.73 Å². The van der Waals surface area contributed by atoms with Crippen LogP contribution in [0.25, 0.3) is 0 Å². The second-order valence-electron chi connectivity index (χ2n) is 1.47. The summed E-state index contributed by atoms with van der Waals surface area (Å²) in [7, 11) is 0. The van der Waals surface area contributed by atoms with Crippen LogP contribution in [-0.2, 0) is 0 Å². The van der Waals surface area contributed by atoms with E-state index in [0.717, 1.165) is 17.9 Å². The van der Waals surface area contributed by atoms with Gasteiger partial charge in [-0.25, -0.2) is 0 Å². The molecule has 0 rings (SSSR count). The van der Waals surface area contributed by atoms with Gasteiger partial charge in [0.05, 0.1) is 10.7 Å². The molecule has 9 heavy (non-hydrogen) atoms. The van der Waals surface area contributed by atoms with Gasteiger partial charge in [0.1, 0.15) is 0 Å². The van der Waals surface area contributed by atoms with Gasteiger partial charge in [-0.1, -0.05) is 18.1 Å². The molecule has 0 saturated heterocycles. The highest BCUT2D eigenvalue weighted by atomic mass is 32.2. The molecule has 0 bridgehead atoms. The fraction of sp³-hybridized carbons (Fsp3) is 0.500. The zero-order chi connectivity index (χ0) is 7.11. The number of rotatable bonds is 4. The van der Waals surface area contributed by atoms with Crippen LogP contribution < -0.4 is 5.73 Å². The molecule has 50 valence electrons. The Kier molecular flexibility index (Phi) is 5.80. The number of terminal acetylenes is 1. The molecule has 0 heterocycles. The first-order valence-electron chi connectivity index (χ1n) is 2.57. The Labute approximate surface area is 65.4 Å². The van der Waals surface area contributed by atoms with Crippen LogP contribution in [0.5, 0.6) is 0 Å². The van der Waals surface area contributed by atoms with Crippen molar-refractivity contribution in [2.75, 3.05) is 11.5 Å². The maximum atomic E-state index is 5.24. The van der Waals surface area contributed by atoms with E-state index in [2.05, 4.69) is 18.1 Å². The summed E-state index contributed by atoms with van der Waals surface area (Å²) in [5.74, 6) is 4.22. The summed E-state index contributed by atoms with van der Waals surface area (Å²) in [5, 5.41) is 0. The van der Waals surface area contributed by atoms with Gasteiger partial charge in [-0.15, -0.1) is 18.2 Å². The van der Waals surface area contributed by atoms with E-state index >= 15 is 0 Å². The Morgan fingerprint density at radius 2 is 2.44 bits per heavy atom. The predicted octanol–water partition coefficient (Wildman–Crippen LogP) is 1.03. The molecule has 0 aliphatic rings. The van der Waals surface area contributed by atoms with E-state index in [-0.39, 0.29) is 0 Å². The maximum Gasteiger partial charge on any atom is 0.0735 e. The van der Waals surface area contributed by atoms with Gasteiger partial charge in [0.25, 0.3) is 0 Å². The van der Waals surface area contributed by atoms with Crippen LogP contribution in [0.2, 0.25) is 0 Å². The lowest BCUT2D eigenvalue weighted by Gasteiger charge is -1.93. The lowest BCUT2D eigenvalue weighted by atomic mass is 10.5. The molecule has 0 aromatic carbocycles. The van der Waals surface area contributed by atoms with Crippen LogP contribution in [0.4, 0.5) is 0 Å². The molecule has 0 radical (unpaired) electrons. The van der Waals surface area contributed by atoms with Crippen molar-refractivity contribution in [1.82, 2.24) is 0 Å². The zero-order valence-corrected chi connectivity index (χ0v) is 6.73. The highest BCUT2D eigenvalue weighted by Gasteiger charge is 1.87. The molecule has 3 heteroatoms. The summed E-state index contributed by atoms with van der Waals surface area (Å²) in [6, 6.07) is 0. The quantitative estimate of drug-likeness (QED) is 0.377. The minimum Gasteiger partial charge on any atom is -0.393 e. The molecule has 0 aliphatic heterocycles.